The van der Waals surface area contributed by atoms with Gasteiger partial charge in [-0.3, -0.25) is 5.32 Å². The largest absolute Gasteiger partial charge is 0.417 e. The van der Waals surface area contributed by atoms with Gasteiger partial charge in [-0.25, -0.2) is 4.79 Å². The Labute approximate surface area is 145 Å². The summed E-state index contributed by atoms with van der Waals surface area (Å²) in [6.45, 7) is 7.65. The number of ether oxygens (including phenoxy) is 1. The molecule has 3 nitrogen and oxygen atoms in total. The van der Waals surface area contributed by atoms with Crippen LogP contribution in [0, 0.1) is 6.92 Å². The van der Waals surface area contributed by atoms with Crippen molar-refractivity contribution in [1.82, 2.24) is 0 Å². The number of hydrogen-bond acceptors (Lipinski definition) is 2. The SMILES string of the molecule is C=C(C)Cc1c(C)c(Cl)cc(Cl)c1OC(=O)Nc1ccccc1. The van der Waals surface area contributed by atoms with Crippen molar-refractivity contribution in [3.63, 3.8) is 0 Å². The quantitative estimate of drug-likeness (QED) is 0.684. The average Bonchev–Trinajstić information content (AvgIpc) is 2.49. The Morgan fingerprint density at radius 1 is 1.22 bits per heavy atom. The summed E-state index contributed by atoms with van der Waals surface area (Å²) in [5, 5.41) is 3.48. The molecule has 0 spiro atoms. The third-order valence-corrected chi connectivity index (χ3v) is 3.92. The van der Waals surface area contributed by atoms with Gasteiger partial charge in [-0.15, -0.1) is 0 Å². The Kier molecular flexibility index (Phi) is 5.69. The fourth-order valence-corrected chi connectivity index (χ4v) is 2.67. The Morgan fingerprint density at radius 3 is 2.48 bits per heavy atom. The van der Waals surface area contributed by atoms with E-state index >= 15 is 0 Å². The van der Waals surface area contributed by atoms with E-state index in [1.54, 1.807) is 18.2 Å². The van der Waals surface area contributed by atoms with Crippen molar-refractivity contribution >= 4 is 35.0 Å². The lowest BCUT2D eigenvalue weighted by atomic mass is 10.0. The van der Waals surface area contributed by atoms with Crippen molar-refractivity contribution in [1.29, 1.82) is 0 Å². The molecule has 2 rings (SSSR count). The predicted octanol–water partition coefficient (Wildman–Crippen LogP) is 6.03. The van der Waals surface area contributed by atoms with Crippen LogP contribution in [0.2, 0.25) is 10.0 Å². The van der Waals surface area contributed by atoms with Crippen LogP contribution >= 0.6 is 23.2 Å². The minimum Gasteiger partial charge on any atom is -0.408 e. The lowest BCUT2D eigenvalue weighted by molar-refractivity contribution is 0.215. The summed E-state index contributed by atoms with van der Waals surface area (Å²) in [6, 6.07) is 10.6. The van der Waals surface area contributed by atoms with Gasteiger partial charge in [-0.2, -0.15) is 0 Å². The van der Waals surface area contributed by atoms with Crippen LogP contribution < -0.4 is 10.1 Å². The van der Waals surface area contributed by atoms with Crippen LogP contribution in [0.1, 0.15) is 18.1 Å². The van der Waals surface area contributed by atoms with Crippen LogP contribution in [-0.4, -0.2) is 6.09 Å². The van der Waals surface area contributed by atoms with E-state index in [-0.39, 0.29) is 0 Å². The van der Waals surface area contributed by atoms with Crippen molar-refractivity contribution < 1.29 is 9.53 Å². The molecule has 0 saturated carbocycles. The molecule has 2 aromatic rings. The summed E-state index contributed by atoms with van der Waals surface area (Å²) in [5.41, 5.74) is 3.14. The second-order valence-electron chi connectivity index (χ2n) is 5.29. The molecular weight excluding hydrogens is 333 g/mol. The molecule has 5 heteroatoms. The Balaban J connectivity index is 2.29. The molecule has 1 N–H and O–H groups in total. The van der Waals surface area contributed by atoms with Gasteiger partial charge >= 0.3 is 6.09 Å². The first-order valence-electron chi connectivity index (χ1n) is 7.04. The highest BCUT2D eigenvalue weighted by molar-refractivity contribution is 6.36. The third kappa shape index (κ3) is 4.50. The minimum absolute atomic E-state index is 0.292. The normalized spacial score (nSPS) is 10.3. The summed E-state index contributed by atoms with van der Waals surface area (Å²) in [5.74, 6) is 0.310. The van der Waals surface area contributed by atoms with Gasteiger partial charge in [0.1, 0.15) is 0 Å². The molecule has 0 aliphatic rings. The summed E-state index contributed by atoms with van der Waals surface area (Å²) in [6.07, 6.45) is -0.0807. The number of hydrogen-bond donors (Lipinski definition) is 1. The highest BCUT2D eigenvalue weighted by Gasteiger charge is 2.18. The number of carbonyl (C=O) groups excluding carboxylic acids is 1. The second kappa shape index (κ2) is 7.53. The molecule has 0 aliphatic carbocycles. The third-order valence-electron chi connectivity index (χ3n) is 3.25. The van der Waals surface area contributed by atoms with Crippen LogP contribution in [0.5, 0.6) is 5.75 Å². The van der Waals surface area contributed by atoms with Crippen LogP contribution in [-0.2, 0) is 6.42 Å². The first kappa shape index (κ1) is 17.4. The van der Waals surface area contributed by atoms with Gasteiger partial charge in [0.15, 0.2) is 5.75 Å². The van der Waals surface area contributed by atoms with Crippen molar-refractivity contribution in [2.75, 3.05) is 5.32 Å². The molecule has 0 heterocycles. The predicted molar refractivity (Wildman–Crippen MR) is 95.8 cm³/mol. The summed E-state index contributed by atoms with van der Waals surface area (Å²) in [7, 11) is 0. The number of nitrogens with one attached hydrogen (secondary N) is 1. The molecule has 0 aromatic heterocycles. The highest BCUT2D eigenvalue weighted by Crippen LogP contribution is 2.37. The van der Waals surface area contributed by atoms with E-state index in [1.165, 1.54) is 0 Å². The fraction of sp³-hybridized carbons (Fsp3) is 0.167. The van der Waals surface area contributed by atoms with Crippen molar-refractivity contribution in [3.05, 3.63) is 69.7 Å². The maximum atomic E-state index is 12.1. The van der Waals surface area contributed by atoms with Crippen molar-refractivity contribution in [3.8, 4) is 5.75 Å². The first-order valence-corrected chi connectivity index (χ1v) is 7.79. The zero-order valence-corrected chi connectivity index (χ0v) is 14.5. The van der Waals surface area contributed by atoms with E-state index in [2.05, 4.69) is 11.9 Å². The zero-order chi connectivity index (χ0) is 17.0. The van der Waals surface area contributed by atoms with E-state index in [0.717, 1.165) is 16.7 Å². The number of rotatable bonds is 4. The number of amides is 1. The summed E-state index contributed by atoms with van der Waals surface area (Å²) in [4.78, 5) is 12.1. The molecule has 0 unspecified atom stereocenters. The number of benzene rings is 2. The number of allylic oxidation sites excluding steroid dienone is 1. The molecule has 0 radical (unpaired) electrons. The second-order valence-corrected chi connectivity index (χ2v) is 6.10. The van der Waals surface area contributed by atoms with E-state index in [9.17, 15) is 4.79 Å². The van der Waals surface area contributed by atoms with Crippen LogP contribution in [0.25, 0.3) is 0 Å². The fourth-order valence-electron chi connectivity index (χ4n) is 2.13. The molecule has 0 fully saturated rings. The molecule has 23 heavy (non-hydrogen) atoms. The molecule has 0 saturated heterocycles. The molecule has 0 bridgehead atoms. The van der Waals surface area contributed by atoms with Crippen LogP contribution in [0.4, 0.5) is 10.5 Å². The first-order chi connectivity index (χ1) is 10.9. The minimum atomic E-state index is -0.609. The standard InChI is InChI=1S/C18H17Cl2NO2/c1-11(2)9-14-12(3)15(19)10-16(20)17(14)23-18(22)21-13-7-5-4-6-8-13/h4-8,10H,1,9H2,2-3H3,(H,21,22). The molecule has 0 aliphatic heterocycles. The molecule has 1 amide bonds. The van der Waals surface area contributed by atoms with Crippen molar-refractivity contribution in [2.24, 2.45) is 0 Å². The van der Waals surface area contributed by atoms with E-state index in [4.69, 9.17) is 27.9 Å². The van der Waals surface area contributed by atoms with Crippen molar-refractivity contribution in [2.45, 2.75) is 20.3 Å². The average molecular weight is 350 g/mol. The smallest absolute Gasteiger partial charge is 0.408 e. The molecular formula is C18H17Cl2NO2. The Morgan fingerprint density at radius 2 is 1.87 bits per heavy atom. The van der Waals surface area contributed by atoms with Gasteiger partial charge in [0.2, 0.25) is 0 Å². The molecule has 120 valence electrons. The van der Waals surface area contributed by atoms with E-state index in [0.29, 0.717) is 27.9 Å². The number of para-hydroxylation sites is 1. The van der Waals surface area contributed by atoms with Crippen LogP contribution in [0.3, 0.4) is 0 Å². The van der Waals surface area contributed by atoms with Gasteiger partial charge in [0.05, 0.1) is 5.02 Å². The number of halogens is 2. The summed E-state index contributed by atoms with van der Waals surface area (Å²) < 4.78 is 5.44. The van der Waals surface area contributed by atoms with Gasteiger partial charge in [0.25, 0.3) is 0 Å². The molecule has 2 aromatic carbocycles. The van der Waals surface area contributed by atoms with Gasteiger partial charge in [-0.1, -0.05) is 53.6 Å². The van der Waals surface area contributed by atoms with E-state index in [1.807, 2.05) is 32.0 Å². The maximum absolute atomic E-state index is 12.1. The Bertz CT molecular complexity index is 742. The van der Waals surface area contributed by atoms with Crippen LogP contribution in [0.15, 0.2) is 48.6 Å². The van der Waals surface area contributed by atoms with Gasteiger partial charge in [0, 0.05) is 16.3 Å². The lowest BCUT2D eigenvalue weighted by Crippen LogP contribution is -2.18. The highest BCUT2D eigenvalue weighted by atomic mass is 35.5. The summed E-state index contributed by atoms with van der Waals surface area (Å²) >= 11 is 12.4. The van der Waals surface area contributed by atoms with Gasteiger partial charge in [-0.05, 0) is 44.0 Å². The monoisotopic (exact) mass is 349 g/mol. The van der Waals surface area contributed by atoms with Gasteiger partial charge < -0.3 is 4.74 Å². The zero-order valence-electron chi connectivity index (χ0n) is 13.0. The number of anilines is 1. The maximum Gasteiger partial charge on any atom is 0.417 e. The number of carbonyl (C=O) groups is 1. The van der Waals surface area contributed by atoms with E-state index < -0.39 is 6.09 Å². The topological polar surface area (TPSA) is 38.3 Å². The lowest BCUT2D eigenvalue weighted by Gasteiger charge is -2.16. The molecule has 0 atom stereocenters. The Hall–Kier alpha value is -1.97.